The molecule has 0 spiro atoms. The molecule has 1 aliphatic carbocycles. The fraction of sp³-hybridized carbons (Fsp3) is 0.462. The summed E-state index contributed by atoms with van der Waals surface area (Å²) in [4.78, 5) is 13.4. The normalized spacial score (nSPS) is 14.6. The Balaban J connectivity index is 2.27. The third-order valence-corrected chi connectivity index (χ3v) is 3.07. The van der Waals surface area contributed by atoms with Gasteiger partial charge in [-0.2, -0.15) is 0 Å². The summed E-state index contributed by atoms with van der Waals surface area (Å²) in [5.74, 6) is -0.434. The highest BCUT2D eigenvalue weighted by molar-refractivity contribution is 5.95. The van der Waals surface area contributed by atoms with Crippen molar-refractivity contribution in [2.24, 2.45) is 5.73 Å². The summed E-state index contributed by atoms with van der Waals surface area (Å²) in [6.07, 6.45) is 3.56. The topological polar surface area (TPSA) is 72.3 Å². The predicted molar refractivity (Wildman–Crippen MR) is 70.0 cm³/mol. The van der Waals surface area contributed by atoms with Gasteiger partial charge in [0.25, 0.3) is 0 Å². The van der Waals surface area contributed by atoms with Gasteiger partial charge in [-0.15, -0.1) is 0 Å². The van der Waals surface area contributed by atoms with Crippen molar-refractivity contribution in [2.75, 3.05) is 17.2 Å². The first kappa shape index (κ1) is 11.8. The number of hydrogen-bond acceptors (Lipinski definition) is 3. The van der Waals surface area contributed by atoms with Crippen molar-refractivity contribution in [3.05, 3.63) is 23.8 Å². The molecule has 4 heteroatoms. The summed E-state index contributed by atoms with van der Waals surface area (Å²) in [6, 6.07) is 5.95. The first-order valence-corrected chi connectivity index (χ1v) is 6.09. The monoisotopic (exact) mass is 233 g/mol. The minimum absolute atomic E-state index is 0.434. The molecule has 2 rings (SSSR count). The van der Waals surface area contributed by atoms with Gasteiger partial charge in [0.05, 0.1) is 11.4 Å². The molecule has 0 unspecified atom stereocenters. The van der Waals surface area contributed by atoms with Crippen LogP contribution in [-0.2, 0) is 0 Å². The Hall–Kier alpha value is -1.71. The van der Waals surface area contributed by atoms with Gasteiger partial charge in [0.2, 0.25) is 5.91 Å². The molecule has 1 saturated carbocycles. The first-order chi connectivity index (χ1) is 8.13. The molecule has 1 aromatic carbocycles. The number of primary amides is 1. The van der Waals surface area contributed by atoms with E-state index >= 15 is 0 Å². The number of benzene rings is 1. The van der Waals surface area contributed by atoms with Crippen LogP contribution in [0.1, 0.15) is 36.5 Å². The molecule has 1 amide bonds. The first-order valence-electron chi connectivity index (χ1n) is 6.09. The second-order valence-electron chi connectivity index (χ2n) is 4.56. The highest BCUT2D eigenvalue weighted by Crippen LogP contribution is 2.35. The number of rotatable bonds is 5. The van der Waals surface area contributed by atoms with Crippen molar-refractivity contribution in [3.8, 4) is 0 Å². The maximum absolute atomic E-state index is 11.1. The molecule has 92 valence electrons. The number of amides is 1. The van der Waals surface area contributed by atoms with Gasteiger partial charge in [-0.1, -0.05) is 6.92 Å². The molecule has 4 N–H and O–H groups in total. The lowest BCUT2D eigenvalue weighted by Gasteiger charge is -2.25. The van der Waals surface area contributed by atoms with Gasteiger partial charge in [0.15, 0.2) is 0 Å². The van der Waals surface area contributed by atoms with Gasteiger partial charge in [-0.25, -0.2) is 0 Å². The van der Waals surface area contributed by atoms with E-state index in [-0.39, 0.29) is 0 Å². The quantitative estimate of drug-likeness (QED) is 0.761. The number of nitrogens with two attached hydrogens (primary N) is 2. The summed E-state index contributed by atoms with van der Waals surface area (Å²) in [5.41, 5.74) is 13.4. The van der Waals surface area contributed by atoms with Crippen molar-refractivity contribution in [2.45, 2.75) is 32.2 Å². The van der Waals surface area contributed by atoms with E-state index in [1.807, 2.05) is 6.07 Å². The van der Waals surface area contributed by atoms with Crippen LogP contribution in [0.3, 0.4) is 0 Å². The third kappa shape index (κ3) is 2.52. The lowest BCUT2D eigenvalue weighted by atomic mass is 10.1. The van der Waals surface area contributed by atoms with Crippen LogP contribution in [0.25, 0.3) is 0 Å². The Bertz CT molecular complexity index is 427. The molecule has 0 heterocycles. The largest absolute Gasteiger partial charge is 0.397 e. The van der Waals surface area contributed by atoms with Gasteiger partial charge in [-0.05, 0) is 37.5 Å². The standard InChI is InChI=1S/C13H19N3O/c1-2-7-16(10-4-5-10)12-6-3-9(13(15)17)8-11(12)14/h3,6,8,10H,2,4-5,7,14H2,1H3,(H2,15,17). The molecular weight excluding hydrogens is 214 g/mol. The molecule has 0 saturated heterocycles. The molecule has 0 radical (unpaired) electrons. The van der Waals surface area contributed by atoms with Gasteiger partial charge < -0.3 is 16.4 Å². The van der Waals surface area contributed by atoms with E-state index < -0.39 is 5.91 Å². The fourth-order valence-electron chi connectivity index (χ4n) is 2.10. The van der Waals surface area contributed by atoms with E-state index in [9.17, 15) is 4.79 Å². The van der Waals surface area contributed by atoms with Gasteiger partial charge in [-0.3, -0.25) is 4.79 Å². The van der Waals surface area contributed by atoms with Gasteiger partial charge in [0.1, 0.15) is 0 Å². The zero-order valence-corrected chi connectivity index (χ0v) is 10.1. The second kappa shape index (κ2) is 4.65. The van der Waals surface area contributed by atoms with Crippen molar-refractivity contribution in [3.63, 3.8) is 0 Å². The minimum Gasteiger partial charge on any atom is -0.397 e. The molecular formula is C13H19N3O. The maximum atomic E-state index is 11.1. The van der Waals surface area contributed by atoms with Gasteiger partial charge in [0, 0.05) is 18.2 Å². The number of nitrogens with zero attached hydrogens (tertiary/aromatic N) is 1. The number of carbonyl (C=O) groups is 1. The van der Waals surface area contributed by atoms with E-state index in [2.05, 4.69) is 11.8 Å². The summed E-state index contributed by atoms with van der Waals surface area (Å²) >= 11 is 0. The van der Waals surface area contributed by atoms with Crippen LogP contribution in [0, 0.1) is 0 Å². The van der Waals surface area contributed by atoms with Crippen molar-refractivity contribution < 1.29 is 4.79 Å². The van der Waals surface area contributed by atoms with E-state index in [0.717, 1.165) is 18.7 Å². The average Bonchev–Trinajstić information content (AvgIpc) is 3.10. The Morgan fingerprint density at radius 3 is 2.65 bits per heavy atom. The van der Waals surface area contributed by atoms with Crippen LogP contribution in [0.15, 0.2) is 18.2 Å². The number of nitrogen functional groups attached to an aromatic ring is 1. The second-order valence-corrected chi connectivity index (χ2v) is 4.56. The van der Waals surface area contributed by atoms with E-state index in [4.69, 9.17) is 11.5 Å². The van der Waals surface area contributed by atoms with Crippen molar-refractivity contribution in [1.29, 1.82) is 0 Å². The number of hydrogen-bond donors (Lipinski definition) is 2. The van der Waals surface area contributed by atoms with Crippen LogP contribution in [0.5, 0.6) is 0 Å². The van der Waals surface area contributed by atoms with Crippen molar-refractivity contribution >= 4 is 17.3 Å². The number of carbonyl (C=O) groups excluding carboxylic acids is 1. The van der Waals surface area contributed by atoms with Crippen LogP contribution >= 0.6 is 0 Å². The molecule has 0 atom stereocenters. The smallest absolute Gasteiger partial charge is 0.248 e. The lowest BCUT2D eigenvalue weighted by Crippen LogP contribution is -2.27. The summed E-state index contributed by atoms with van der Waals surface area (Å²) in [5, 5.41) is 0. The van der Waals surface area contributed by atoms with Crippen LogP contribution in [0.4, 0.5) is 11.4 Å². The molecule has 4 nitrogen and oxygen atoms in total. The zero-order chi connectivity index (χ0) is 12.4. The molecule has 0 aliphatic heterocycles. The van der Waals surface area contributed by atoms with Crippen LogP contribution < -0.4 is 16.4 Å². The molecule has 1 aromatic rings. The third-order valence-electron chi connectivity index (χ3n) is 3.07. The SMILES string of the molecule is CCCN(c1ccc(C(N)=O)cc1N)C1CC1. The summed E-state index contributed by atoms with van der Waals surface area (Å²) in [6.45, 7) is 3.16. The Kier molecular flexibility index (Phi) is 3.22. The fourth-order valence-corrected chi connectivity index (χ4v) is 2.10. The highest BCUT2D eigenvalue weighted by atomic mass is 16.1. The van der Waals surface area contributed by atoms with Gasteiger partial charge >= 0.3 is 0 Å². The van der Waals surface area contributed by atoms with Crippen LogP contribution in [-0.4, -0.2) is 18.5 Å². The molecule has 17 heavy (non-hydrogen) atoms. The average molecular weight is 233 g/mol. The predicted octanol–water partition coefficient (Wildman–Crippen LogP) is 1.75. The van der Waals surface area contributed by atoms with E-state index in [0.29, 0.717) is 17.3 Å². The molecule has 0 bridgehead atoms. The minimum atomic E-state index is -0.434. The molecule has 1 aliphatic rings. The Morgan fingerprint density at radius 1 is 1.47 bits per heavy atom. The Morgan fingerprint density at radius 2 is 2.18 bits per heavy atom. The highest BCUT2D eigenvalue weighted by Gasteiger charge is 2.29. The van der Waals surface area contributed by atoms with Crippen LogP contribution in [0.2, 0.25) is 0 Å². The van der Waals surface area contributed by atoms with E-state index in [1.165, 1.54) is 12.8 Å². The number of anilines is 2. The summed E-state index contributed by atoms with van der Waals surface area (Å²) in [7, 11) is 0. The zero-order valence-electron chi connectivity index (χ0n) is 10.1. The van der Waals surface area contributed by atoms with E-state index in [1.54, 1.807) is 12.1 Å². The summed E-state index contributed by atoms with van der Waals surface area (Å²) < 4.78 is 0. The molecule has 0 aromatic heterocycles. The molecule has 1 fully saturated rings. The van der Waals surface area contributed by atoms with Crippen molar-refractivity contribution in [1.82, 2.24) is 0 Å². The Labute approximate surface area is 102 Å². The maximum Gasteiger partial charge on any atom is 0.248 e. The lowest BCUT2D eigenvalue weighted by molar-refractivity contribution is 0.100.